The molecule has 0 unspecified atom stereocenters. The van der Waals surface area contributed by atoms with Gasteiger partial charge in [-0.3, -0.25) is 9.59 Å². The number of aliphatic hydroxyl groups is 1. The van der Waals surface area contributed by atoms with Crippen LogP contribution in [0, 0.1) is 11.8 Å². The van der Waals surface area contributed by atoms with Gasteiger partial charge in [0.1, 0.15) is 0 Å². The van der Waals surface area contributed by atoms with Gasteiger partial charge in [0.25, 0.3) is 5.91 Å². The Hall–Kier alpha value is -2.39. The van der Waals surface area contributed by atoms with Crippen molar-refractivity contribution in [1.29, 1.82) is 0 Å². The van der Waals surface area contributed by atoms with E-state index in [0.717, 1.165) is 4.90 Å². The Kier molecular flexibility index (Phi) is 5.25. The Morgan fingerprint density at radius 2 is 2.04 bits per heavy atom. The standard InChI is InChI=1S/C18H21N3O5S/c1-9-12(8-27-11-3-5-20(6-4-11)7-13(19)23)16(18(25)26)21-15(9)14(10(2)22)17(21)24/h3-6,9-10,14-15,22H,7-8H2,1-2H3,(H2-,19,23,25,26)/t9-,10+,14+,15-/m0/s1. The van der Waals surface area contributed by atoms with Crippen LogP contribution in [0.1, 0.15) is 13.8 Å². The maximum absolute atomic E-state index is 12.3. The number of thioether (sulfide) groups is 1. The molecule has 27 heavy (non-hydrogen) atoms. The second-order valence-corrected chi connectivity index (χ2v) is 7.93. The van der Waals surface area contributed by atoms with Gasteiger partial charge in [-0.15, -0.1) is 11.8 Å². The number of nitrogens with zero attached hydrogens (tertiary/aromatic N) is 2. The summed E-state index contributed by atoms with van der Waals surface area (Å²) in [6.45, 7) is 3.50. The molecule has 144 valence electrons. The summed E-state index contributed by atoms with van der Waals surface area (Å²) < 4.78 is 1.65. The van der Waals surface area contributed by atoms with Gasteiger partial charge in [0.05, 0.1) is 29.7 Å². The number of aromatic nitrogens is 1. The van der Waals surface area contributed by atoms with Crippen molar-refractivity contribution in [2.75, 3.05) is 5.75 Å². The zero-order valence-corrected chi connectivity index (χ0v) is 15.8. The molecule has 2 aliphatic heterocycles. The van der Waals surface area contributed by atoms with Crippen molar-refractivity contribution >= 4 is 29.5 Å². The fraction of sp³-hybridized carbons (Fsp3) is 0.444. The first-order chi connectivity index (χ1) is 12.7. The van der Waals surface area contributed by atoms with E-state index in [1.54, 1.807) is 23.9 Å². The Morgan fingerprint density at radius 3 is 2.56 bits per heavy atom. The Morgan fingerprint density at radius 1 is 1.41 bits per heavy atom. The number of pyridine rings is 1. The predicted octanol–water partition coefficient (Wildman–Crippen LogP) is -1.59. The van der Waals surface area contributed by atoms with Crippen molar-refractivity contribution in [3.05, 3.63) is 35.8 Å². The van der Waals surface area contributed by atoms with Crippen molar-refractivity contribution in [3.8, 4) is 0 Å². The third-order valence-corrected chi connectivity index (χ3v) is 6.16. The van der Waals surface area contributed by atoms with E-state index in [2.05, 4.69) is 0 Å². The summed E-state index contributed by atoms with van der Waals surface area (Å²) in [6.07, 6.45) is 2.62. The number of hydrogen-bond acceptors (Lipinski definition) is 6. The molecule has 4 atom stereocenters. The van der Waals surface area contributed by atoms with Gasteiger partial charge >= 0.3 is 0 Å². The molecule has 2 amide bonds. The summed E-state index contributed by atoms with van der Waals surface area (Å²) in [5.74, 6) is -2.55. The zero-order chi connectivity index (χ0) is 19.9. The number of amides is 2. The highest BCUT2D eigenvalue weighted by atomic mass is 32.2. The zero-order valence-electron chi connectivity index (χ0n) is 15.0. The molecule has 3 rings (SSSR count). The van der Waals surface area contributed by atoms with Crippen LogP contribution in [-0.4, -0.2) is 45.7 Å². The summed E-state index contributed by atoms with van der Waals surface area (Å²) >= 11 is 1.43. The maximum atomic E-state index is 12.3. The van der Waals surface area contributed by atoms with Crippen LogP contribution in [0.15, 0.2) is 40.7 Å². The number of β-lactam (4-membered cyclic amide) rings is 1. The van der Waals surface area contributed by atoms with E-state index in [1.165, 1.54) is 16.7 Å². The predicted molar refractivity (Wildman–Crippen MR) is 93.6 cm³/mol. The van der Waals surface area contributed by atoms with Gasteiger partial charge in [-0.25, -0.2) is 0 Å². The molecule has 1 fully saturated rings. The second-order valence-electron chi connectivity index (χ2n) is 6.88. The minimum Gasteiger partial charge on any atom is -0.543 e. The summed E-state index contributed by atoms with van der Waals surface area (Å²) in [4.78, 5) is 37.0. The topological polar surface area (TPSA) is 128 Å². The van der Waals surface area contributed by atoms with Crippen LogP contribution in [0.25, 0.3) is 0 Å². The van der Waals surface area contributed by atoms with E-state index in [9.17, 15) is 24.6 Å². The van der Waals surface area contributed by atoms with Crippen molar-refractivity contribution in [3.63, 3.8) is 0 Å². The third kappa shape index (κ3) is 3.44. The highest BCUT2D eigenvalue weighted by Gasteiger charge is 2.58. The molecule has 1 saturated heterocycles. The molecule has 0 spiro atoms. The molecule has 1 aromatic rings. The van der Waals surface area contributed by atoms with Gasteiger partial charge in [0.15, 0.2) is 12.4 Å². The number of aliphatic hydroxyl groups excluding tert-OH is 1. The van der Waals surface area contributed by atoms with E-state index < -0.39 is 23.9 Å². The quantitative estimate of drug-likeness (QED) is 0.328. The van der Waals surface area contributed by atoms with Crippen LogP contribution in [0.4, 0.5) is 0 Å². The second kappa shape index (κ2) is 7.32. The fourth-order valence-corrected chi connectivity index (χ4v) is 4.85. The number of carboxylic acid groups (broad SMARTS) is 1. The summed E-state index contributed by atoms with van der Waals surface area (Å²) in [6, 6.07) is 3.28. The average molecular weight is 391 g/mol. The molecular weight excluding hydrogens is 370 g/mol. The number of rotatable bonds is 7. The van der Waals surface area contributed by atoms with Crippen LogP contribution >= 0.6 is 11.8 Å². The van der Waals surface area contributed by atoms with Gasteiger partial charge in [0.2, 0.25) is 12.5 Å². The highest BCUT2D eigenvalue weighted by molar-refractivity contribution is 7.99. The van der Waals surface area contributed by atoms with E-state index in [0.29, 0.717) is 11.3 Å². The van der Waals surface area contributed by atoms with Crippen LogP contribution in [0.3, 0.4) is 0 Å². The maximum Gasteiger partial charge on any atom is 0.283 e. The van der Waals surface area contributed by atoms with Crippen LogP contribution in [-0.2, 0) is 20.9 Å². The molecule has 0 bridgehead atoms. The first kappa shape index (κ1) is 19.4. The lowest BCUT2D eigenvalue weighted by atomic mass is 9.78. The molecule has 8 nitrogen and oxygen atoms in total. The number of primary amides is 1. The lowest BCUT2D eigenvalue weighted by Crippen LogP contribution is -2.64. The number of fused-ring (bicyclic) bond motifs is 1. The van der Waals surface area contributed by atoms with E-state index >= 15 is 0 Å². The van der Waals surface area contributed by atoms with Gasteiger partial charge in [-0.1, -0.05) is 6.92 Å². The Labute approximate surface area is 160 Å². The molecule has 1 aromatic heterocycles. The molecule has 0 aliphatic carbocycles. The number of hydrogen-bond donors (Lipinski definition) is 2. The van der Waals surface area contributed by atoms with Gasteiger partial charge < -0.3 is 25.6 Å². The highest BCUT2D eigenvalue weighted by Crippen LogP contribution is 2.47. The van der Waals surface area contributed by atoms with Crippen molar-refractivity contribution in [1.82, 2.24) is 4.90 Å². The van der Waals surface area contributed by atoms with Gasteiger partial charge in [-0.05, 0) is 12.5 Å². The first-order valence-electron chi connectivity index (χ1n) is 8.58. The SMILES string of the molecule is C[C@@H](O)[C@H]1C(=O)N2C(C(=O)[O-])=C(CSc3cc[n+](CC(N)=O)cc3)[C@H](C)[C@@H]12. The Bertz CT molecular complexity index is 821. The minimum atomic E-state index is -1.37. The smallest absolute Gasteiger partial charge is 0.283 e. The molecule has 0 saturated carbocycles. The number of nitrogens with two attached hydrogens (primary N) is 1. The first-order valence-corrected chi connectivity index (χ1v) is 9.56. The van der Waals surface area contributed by atoms with Gasteiger partial charge in [-0.2, -0.15) is 4.57 Å². The molecule has 0 aromatic carbocycles. The minimum absolute atomic E-state index is 0.0679. The molecule has 3 N–H and O–H groups in total. The summed E-state index contributed by atoms with van der Waals surface area (Å²) in [5, 5.41) is 21.5. The number of carboxylic acids is 1. The lowest BCUT2D eigenvalue weighted by Gasteiger charge is -2.47. The van der Waals surface area contributed by atoms with E-state index in [4.69, 9.17) is 5.73 Å². The third-order valence-electron chi connectivity index (χ3n) is 5.10. The van der Waals surface area contributed by atoms with Crippen molar-refractivity contribution < 1.29 is 29.2 Å². The normalized spacial score (nSPS) is 25.2. The summed E-state index contributed by atoms with van der Waals surface area (Å²) in [5.41, 5.74) is 5.72. The number of carbonyl (C=O) groups is 3. The van der Waals surface area contributed by atoms with Crippen LogP contribution in [0.2, 0.25) is 0 Å². The number of aliphatic carboxylic acids is 1. The number of carbonyl (C=O) groups excluding carboxylic acids is 3. The molecule has 0 radical (unpaired) electrons. The monoisotopic (exact) mass is 391 g/mol. The fourth-order valence-electron chi connectivity index (χ4n) is 3.81. The molecular formula is C18H21N3O5S. The largest absolute Gasteiger partial charge is 0.543 e. The molecule has 3 heterocycles. The summed E-state index contributed by atoms with van der Waals surface area (Å²) in [7, 11) is 0. The lowest BCUT2D eigenvalue weighted by molar-refractivity contribution is -0.684. The van der Waals surface area contributed by atoms with Crippen LogP contribution < -0.4 is 15.4 Å². The molecule has 9 heteroatoms. The van der Waals surface area contributed by atoms with E-state index in [-0.39, 0.29) is 30.1 Å². The Balaban J connectivity index is 1.76. The van der Waals surface area contributed by atoms with Crippen LogP contribution in [0.5, 0.6) is 0 Å². The molecule has 2 aliphatic rings. The van der Waals surface area contributed by atoms with Crippen molar-refractivity contribution in [2.45, 2.75) is 37.4 Å². The van der Waals surface area contributed by atoms with E-state index in [1.807, 2.05) is 19.1 Å². The van der Waals surface area contributed by atoms with Crippen molar-refractivity contribution in [2.24, 2.45) is 17.6 Å². The van der Waals surface area contributed by atoms with Gasteiger partial charge in [0, 0.05) is 28.7 Å². The average Bonchev–Trinajstić information content (AvgIpc) is 2.82.